The summed E-state index contributed by atoms with van der Waals surface area (Å²) in [6.07, 6.45) is 0. The van der Waals surface area contributed by atoms with Gasteiger partial charge in [0.25, 0.3) is 11.8 Å². The second kappa shape index (κ2) is 9.22. The van der Waals surface area contributed by atoms with Crippen LogP contribution >= 0.6 is 11.6 Å². The molecule has 2 aliphatic rings. The van der Waals surface area contributed by atoms with E-state index in [4.69, 9.17) is 11.6 Å². The van der Waals surface area contributed by atoms with Crippen LogP contribution in [-0.2, 0) is 16.1 Å². The Kier molecular flexibility index (Phi) is 5.99. The topological polar surface area (TPSA) is 43.9 Å². The monoisotopic (exact) mass is 457 g/mol. The molecule has 1 saturated heterocycles. The number of piperazine rings is 1. The Labute approximate surface area is 198 Å². The van der Waals surface area contributed by atoms with Crippen LogP contribution in [0.5, 0.6) is 0 Å². The first kappa shape index (κ1) is 21.4. The molecule has 2 heterocycles. The first-order valence-corrected chi connectivity index (χ1v) is 11.5. The number of benzene rings is 3. The van der Waals surface area contributed by atoms with Gasteiger partial charge in [0, 0.05) is 32.7 Å². The van der Waals surface area contributed by atoms with Crippen molar-refractivity contribution in [2.24, 2.45) is 0 Å². The minimum atomic E-state index is -0.332. The van der Waals surface area contributed by atoms with Gasteiger partial charge in [-0.2, -0.15) is 0 Å². The highest BCUT2D eigenvalue weighted by Gasteiger charge is 2.43. The molecule has 0 aliphatic carbocycles. The lowest BCUT2D eigenvalue weighted by atomic mass is 10.0. The third-order valence-corrected chi connectivity index (χ3v) is 6.47. The molecule has 3 aromatic rings. The summed E-state index contributed by atoms with van der Waals surface area (Å²) in [5.74, 6) is -0.649. The average molecular weight is 458 g/mol. The molecule has 1 fully saturated rings. The maximum atomic E-state index is 13.7. The molecular formula is C27H24ClN3O2. The normalized spacial score (nSPS) is 17.2. The predicted molar refractivity (Wildman–Crippen MR) is 131 cm³/mol. The SMILES string of the molecule is O=C1C(c2ccccc2)=C(N2CCN(Cc3ccccc3)CC2)C(=O)N1c1ccccc1Cl. The Bertz CT molecular complexity index is 1200. The average Bonchev–Trinajstić information content (AvgIpc) is 3.11. The summed E-state index contributed by atoms with van der Waals surface area (Å²) in [5.41, 5.74) is 3.34. The number of halogens is 1. The number of anilines is 1. The smallest absolute Gasteiger partial charge is 0.282 e. The largest absolute Gasteiger partial charge is 0.364 e. The van der Waals surface area contributed by atoms with Crippen molar-refractivity contribution in [2.75, 3.05) is 31.1 Å². The molecule has 0 saturated carbocycles. The lowest BCUT2D eigenvalue weighted by Crippen LogP contribution is -2.47. The molecule has 0 radical (unpaired) electrons. The lowest BCUT2D eigenvalue weighted by Gasteiger charge is -2.36. The molecule has 33 heavy (non-hydrogen) atoms. The number of carbonyl (C=O) groups excluding carboxylic acids is 2. The minimum absolute atomic E-state index is 0.316. The molecule has 0 spiro atoms. The standard InChI is InChI=1S/C27H24ClN3O2/c28-22-13-7-8-14-23(22)31-26(32)24(21-11-5-2-6-12-21)25(27(31)33)30-17-15-29(16-18-30)19-20-9-3-1-4-10-20/h1-14H,15-19H2. The Morgan fingerprint density at radius 2 is 1.30 bits per heavy atom. The van der Waals surface area contributed by atoms with Gasteiger partial charge in [0.05, 0.1) is 16.3 Å². The van der Waals surface area contributed by atoms with Crippen LogP contribution in [0.4, 0.5) is 5.69 Å². The molecule has 0 unspecified atom stereocenters. The van der Waals surface area contributed by atoms with Crippen LogP contribution in [0.15, 0.2) is 90.6 Å². The fourth-order valence-corrected chi connectivity index (χ4v) is 4.72. The van der Waals surface area contributed by atoms with E-state index in [1.807, 2.05) is 36.4 Å². The molecule has 0 N–H and O–H groups in total. The van der Waals surface area contributed by atoms with Gasteiger partial charge in [-0.25, -0.2) is 4.90 Å². The number of rotatable bonds is 5. The van der Waals surface area contributed by atoms with E-state index < -0.39 is 0 Å². The van der Waals surface area contributed by atoms with Gasteiger partial charge in [-0.1, -0.05) is 84.4 Å². The van der Waals surface area contributed by atoms with Crippen molar-refractivity contribution in [1.82, 2.24) is 9.80 Å². The second-order valence-corrected chi connectivity index (χ2v) is 8.64. The van der Waals surface area contributed by atoms with E-state index >= 15 is 0 Å². The molecule has 0 atom stereocenters. The van der Waals surface area contributed by atoms with Crippen molar-refractivity contribution in [3.8, 4) is 0 Å². The molecule has 166 valence electrons. The maximum absolute atomic E-state index is 13.7. The van der Waals surface area contributed by atoms with Crippen LogP contribution in [0.2, 0.25) is 5.02 Å². The summed E-state index contributed by atoms with van der Waals surface area (Å²) in [6, 6.07) is 26.8. The number of hydrogen-bond donors (Lipinski definition) is 0. The zero-order chi connectivity index (χ0) is 22.8. The van der Waals surface area contributed by atoms with E-state index in [-0.39, 0.29) is 11.8 Å². The molecule has 0 aromatic heterocycles. The molecular weight excluding hydrogens is 434 g/mol. The number of para-hydroxylation sites is 1. The van der Waals surface area contributed by atoms with Crippen molar-refractivity contribution in [2.45, 2.75) is 6.54 Å². The quantitative estimate of drug-likeness (QED) is 0.531. The maximum Gasteiger partial charge on any atom is 0.282 e. The van der Waals surface area contributed by atoms with Gasteiger partial charge in [-0.05, 0) is 23.3 Å². The van der Waals surface area contributed by atoms with E-state index in [1.54, 1.807) is 24.3 Å². The highest BCUT2D eigenvalue weighted by atomic mass is 35.5. The predicted octanol–water partition coefficient (Wildman–Crippen LogP) is 4.44. The van der Waals surface area contributed by atoms with Gasteiger partial charge in [-0.15, -0.1) is 0 Å². The molecule has 5 nitrogen and oxygen atoms in total. The third kappa shape index (κ3) is 4.17. The minimum Gasteiger partial charge on any atom is -0.364 e. The highest BCUT2D eigenvalue weighted by molar-refractivity contribution is 6.47. The number of amides is 2. The number of imide groups is 1. The summed E-state index contributed by atoms with van der Waals surface area (Å²) < 4.78 is 0. The van der Waals surface area contributed by atoms with Gasteiger partial charge in [0.15, 0.2) is 0 Å². The molecule has 2 amide bonds. The van der Waals surface area contributed by atoms with Gasteiger partial charge in [0.2, 0.25) is 0 Å². The first-order valence-electron chi connectivity index (χ1n) is 11.1. The van der Waals surface area contributed by atoms with Crippen molar-refractivity contribution < 1.29 is 9.59 Å². The molecule has 0 bridgehead atoms. The van der Waals surface area contributed by atoms with E-state index in [0.717, 1.165) is 25.2 Å². The van der Waals surface area contributed by atoms with E-state index in [2.05, 4.69) is 34.1 Å². The Morgan fingerprint density at radius 1 is 0.697 bits per heavy atom. The van der Waals surface area contributed by atoms with Gasteiger partial charge >= 0.3 is 0 Å². The third-order valence-electron chi connectivity index (χ3n) is 6.15. The molecule has 5 rings (SSSR count). The van der Waals surface area contributed by atoms with Crippen molar-refractivity contribution >= 4 is 34.7 Å². The molecule has 3 aromatic carbocycles. The fraction of sp³-hybridized carbons (Fsp3) is 0.185. The molecule has 6 heteroatoms. The molecule has 2 aliphatic heterocycles. The van der Waals surface area contributed by atoms with Gasteiger partial charge in [-0.3, -0.25) is 14.5 Å². The van der Waals surface area contributed by atoms with Crippen LogP contribution in [0, 0.1) is 0 Å². The van der Waals surface area contributed by atoms with E-state index in [0.29, 0.717) is 35.1 Å². The summed E-state index contributed by atoms with van der Waals surface area (Å²) in [4.78, 5) is 32.9. The van der Waals surface area contributed by atoms with Crippen molar-refractivity contribution in [3.63, 3.8) is 0 Å². The zero-order valence-electron chi connectivity index (χ0n) is 18.2. The lowest BCUT2D eigenvalue weighted by molar-refractivity contribution is -0.120. The number of carbonyl (C=O) groups is 2. The second-order valence-electron chi connectivity index (χ2n) is 8.24. The number of hydrogen-bond acceptors (Lipinski definition) is 4. The summed E-state index contributed by atoms with van der Waals surface area (Å²) in [5, 5.41) is 0.376. The van der Waals surface area contributed by atoms with Crippen LogP contribution in [0.3, 0.4) is 0 Å². The Hall–Kier alpha value is -3.41. The van der Waals surface area contributed by atoms with E-state index in [9.17, 15) is 9.59 Å². The van der Waals surface area contributed by atoms with Crippen molar-refractivity contribution in [1.29, 1.82) is 0 Å². The van der Waals surface area contributed by atoms with Crippen molar-refractivity contribution in [3.05, 3.63) is 107 Å². The highest BCUT2D eigenvalue weighted by Crippen LogP contribution is 2.37. The summed E-state index contributed by atoms with van der Waals surface area (Å²) in [6.45, 7) is 3.85. The Balaban J connectivity index is 1.44. The van der Waals surface area contributed by atoms with Crippen LogP contribution in [0.1, 0.15) is 11.1 Å². The number of nitrogens with zero attached hydrogens (tertiary/aromatic N) is 3. The van der Waals surface area contributed by atoms with Crippen LogP contribution in [-0.4, -0.2) is 47.8 Å². The van der Waals surface area contributed by atoms with Gasteiger partial charge < -0.3 is 4.90 Å². The van der Waals surface area contributed by atoms with E-state index in [1.165, 1.54) is 10.5 Å². The first-order chi connectivity index (χ1) is 16.1. The van der Waals surface area contributed by atoms with Crippen LogP contribution in [0.25, 0.3) is 5.57 Å². The Morgan fingerprint density at radius 3 is 1.97 bits per heavy atom. The van der Waals surface area contributed by atoms with Gasteiger partial charge in [0.1, 0.15) is 5.70 Å². The zero-order valence-corrected chi connectivity index (χ0v) is 18.9. The fourth-order valence-electron chi connectivity index (χ4n) is 4.50. The van der Waals surface area contributed by atoms with Crippen LogP contribution < -0.4 is 4.90 Å². The summed E-state index contributed by atoms with van der Waals surface area (Å²) >= 11 is 6.37. The summed E-state index contributed by atoms with van der Waals surface area (Å²) in [7, 11) is 0.